The Kier molecular flexibility index (Phi) is 4.31. The van der Waals surface area contributed by atoms with Crippen LogP contribution in [0.25, 0.3) is 10.9 Å². The van der Waals surface area contributed by atoms with E-state index >= 15 is 0 Å². The van der Waals surface area contributed by atoms with Crippen molar-refractivity contribution in [3.63, 3.8) is 0 Å². The smallest absolute Gasteiger partial charge is 0.133 e. The summed E-state index contributed by atoms with van der Waals surface area (Å²) >= 11 is 7.56. The summed E-state index contributed by atoms with van der Waals surface area (Å²) in [4.78, 5) is 17.4. The van der Waals surface area contributed by atoms with Crippen LogP contribution in [0.4, 0.5) is 0 Å². The van der Waals surface area contributed by atoms with E-state index < -0.39 is 0 Å². The van der Waals surface area contributed by atoms with Gasteiger partial charge in [-0.25, -0.2) is 19.9 Å². The molecular weight excluding hydrogens is 304 g/mol. The summed E-state index contributed by atoms with van der Waals surface area (Å²) in [6, 6.07) is 9.68. The molecule has 21 heavy (non-hydrogen) atoms. The van der Waals surface area contributed by atoms with E-state index in [1.54, 1.807) is 12.4 Å². The largest absolute Gasteiger partial charge is 0.236 e. The summed E-state index contributed by atoms with van der Waals surface area (Å²) in [6.45, 7) is 2.09. The molecule has 3 rings (SSSR count). The fourth-order valence-corrected chi connectivity index (χ4v) is 3.16. The van der Waals surface area contributed by atoms with E-state index in [0.717, 1.165) is 39.6 Å². The second-order valence-corrected chi connectivity index (χ2v) is 5.89. The van der Waals surface area contributed by atoms with Crippen molar-refractivity contribution in [1.29, 1.82) is 0 Å². The number of aryl methyl sites for hydroxylation is 1. The summed E-state index contributed by atoms with van der Waals surface area (Å²) < 4.78 is 0. The summed E-state index contributed by atoms with van der Waals surface area (Å²) in [5, 5.41) is 3.16. The van der Waals surface area contributed by atoms with Gasteiger partial charge in [0, 0.05) is 17.9 Å². The lowest BCUT2D eigenvalue weighted by molar-refractivity contribution is 0.809. The number of aromatic nitrogens is 4. The minimum atomic E-state index is 0.467. The molecule has 2 aromatic heterocycles. The average molecular weight is 317 g/mol. The molecule has 0 bridgehead atoms. The molecule has 0 unspecified atom stereocenters. The Morgan fingerprint density at radius 1 is 1.14 bits per heavy atom. The first-order chi connectivity index (χ1) is 10.3. The van der Waals surface area contributed by atoms with Gasteiger partial charge < -0.3 is 0 Å². The van der Waals surface area contributed by atoms with Crippen molar-refractivity contribution in [1.82, 2.24) is 19.9 Å². The van der Waals surface area contributed by atoms with E-state index in [1.165, 1.54) is 11.8 Å². The molecule has 0 aliphatic rings. The van der Waals surface area contributed by atoms with E-state index in [-0.39, 0.29) is 0 Å². The highest BCUT2D eigenvalue weighted by Crippen LogP contribution is 2.30. The van der Waals surface area contributed by atoms with Crippen molar-refractivity contribution in [2.75, 3.05) is 0 Å². The molecule has 6 heteroatoms. The number of fused-ring (bicyclic) bond motifs is 1. The first-order valence-corrected chi connectivity index (χ1v) is 7.87. The molecular formula is C15H13ClN4S. The van der Waals surface area contributed by atoms with Gasteiger partial charge in [-0.3, -0.25) is 0 Å². The standard InChI is InChI=1S/C15H13ClN4S/c1-2-5-13-19-12(16)8-14(20-13)21-15-10-6-3-4-7-11(10)17-9-18-15/h3-4,6-9H,2,5H2,1H3. The molecule has 0 N–H and O–H groups in total. The molecule has 3 aromatic rings. The number of hydrogen-bond donors (Lipinski definition) is 0. The molecule has 0 aliphatic heterocycles. The van der Waals surface area contributed by atoms with Crippen molar-refractivity contribution >= 4 is 34.3 Å². The molecule has 2 heterocycles. The van der Waals surface area contributed by atoms with Crippen molar-refractivity contribution in [3.8, 4) is 0 Å². The van der Waals surface area contributed by atoms with Crippen LogP contribution in [-0.2, 0) is 6.42 Å². The minimum Gasteiger partial charge on any atom is -0.236 e. The number of nitrogens with zero attached hydrogens (tertiary/aromatic N) is 4. The summed E-state index contributed by atoms with van der Waals surface area (Å²) in [7, 11) is 0. The maximum Gasteiger partial charge on any atom is 0.133 e. The van der Waals surface area contributed by atoms with Gasteiger partial charge in [0.15, 0.2) is 0 Å². The molecule has 0 saturated carbocycles. The number of hydrogen-bond acceptors (Lipinski definition) is 5. The van der Waals surface area contributed by atoms with Crippen LogP contribution in [0, 0.1) is 0 Å². The molecule has 0 aliphatic carbocycles. The fourth-order valence-electron chi connectivity index (χ4n) is 1.99. The Bertz CT molecular complexity index is 773. The van der Waals surface area contributed by atoms with Gasteiger partial charge in [0.05, 0.1) is 5.52 Å². The Labute approximate surface area is 132 Å². The zero-order valence-electron chi connectivity index (χ0n) is 11.5. The number of halogens is 1. The molecule has 0 saturated heterocycles. The first kappa shape index (κ1) is 14.2. The quantitative estimate of drug-likeness (QED) is 0.676. The van der Waals surface area contributed by atoms with Crippen LogP contribution >= 0.6 is 23.4 Å². The molecule has 4 nitrogen and oxygen atoms in total. The normalized spacial score (nSPS) is 11.0. The van der Waals surface area contributed by atoms with Gasteiger partial charge >= 0.3 is 0 Å². The Balaban J connectivity index is 1.98. The molecule has 0 fully saturated rings. The van der Waals surface area contributed by atoms with Gasteiger partial charge in [-0.1, -0.05) is 36.7 Å². The lowest BCUT2D eigenvalue weighted by Crippen LogP contribution is -1.96. The Morgan fingerprint density at radius 2 is 2.00 bits per heavy atom. The van der Waals surface area contributed by atoms with Gasteiger partial charge in [0.2, 0.25) is 0 Å². The lowest BCUT2D eigenvalue weighted by atomic mass is 10.2. The highest BCUT2D eigenvalue weighted by atomic mass is 35.5. The summed E-state index contributed by atoms with van der Waals surface area (Å²) in [5.74, 6) is 0.769. The zero-order chi connectivity index (χ0) is 14.7. The van der Waals surface area contributed by atoms with Gasteiger partial charge in [0.25, 0.3) is 0 Å². The van der Waals surface area contributed by atoms with Crippen LogP contribution in [0.1, 0.15) is 19.2 Å². The van der Waals surface area contributed by atoms with Crippen molar-refractivity contribution in [2.24, 2.45) is 0 Å². The Hall–Kier alpha value is -1.72. The molecule has 0 atom stereocenters. The third-order valence-corrected chi connectivity index (χ3v) is 4.03. The third-order valence-electron chi connectivity index (χ3n) is 2.90. The van der Waals surface area contributed by atoms with Gasteiger partial charge in [-0.2, -0.15) is 0 Å². The number of rotatable bonds is 4. The van der Waals surface area contributed by atoms with Gasteiger partial charge in [-0.15, -0.1) is 0 Å². The maximum absolute atomic E-state index is 6.07. The second kappa shape index (κ2) is 6.37. The zero-order valence-corrected chi connectivity index (χ0v) is 13.0. The predicted molar refractivity (Wildman–Crippen MR) is 84.7 cm³/mol. The fraction of sp³-hybridized carbons (Fsp3) is 0.200. The first-order valence-electron chi connectivity index (χ1n) is 6.67. The van der Waals surface area contributed by atoms with Crippen molar-refractivity contribution in [3.05, 3.63) is 47.6 Å². The van der Waals surface area contributed by atoms with Gasteiger partial charge in [-0.05, 0) is 24.2 Å². The molecule has 0 spiro atoms. The Morgan fingerprint density at radius 3 is 2.86 bits per heavy atom. The topological polar surface area (TPSA) is 51.6 Å². The highest BCUT2D eigenvalue weighted by molar-refractivity contribution is 7.99. The molecule has 106 valence electrons. The van der Waals surface area contributed by atoms with E-state index in [9.17, 15) is 0 Å². The summed E-state index contributed by atoms with van der Waals surface area (Å²) in [5.41, 5.74) is 0.920. The monoisotopic (exact) mass is 316 g/mol. The van der Waals surface area contributed by atoms with E-state index in [2.05, 4.69) is 26.9 Å². The van der Waals surface area contributed by atoms with Crippen molar-refractivity contribution in [2.45, 2.75) is 29.8 Å². The van der Waals surface area contributed by atoms with Gasteiger partial charge in [0.1, 0.15) is 27.4 Å². The molecule has 0 amide bonds. The van der Waals surface area contributed by atoms with Crippen LogP contribution in [0.3, 0.4) is 0 Å². The third kappa shape index (κ3) is 3.31. The van der Waals surface area contributed by atoms with Crippen LogP contribution in [0.5, 0.6) is 0 Å². The molecule has 1 aromatic carbocycles. The number of para-hydroxylation sites is 1. The van der Waals surface area contributed by atoms with Crippen molar-refractivity contribution < 1.29 is 0 Å². The maximum atomic E-state index is 6.07. The van der Waals surface area contributed by atoms with E-state index in [0.29, 0.717) is 5.15 Å². The van der Waals surface area contributed by atoms with Crippen LogP contribution < -0.4 is 0 Å². The highest BCUT2D eigenvalue weighted by Gasteiger charge is 2.09. The minimum absolute atomic E-state index is 0.467. The molecule has 0 radical (unpaired) electrons. The lowest BCUT2D eigenvalue weighted by Gasteiger charge is -2.06. The van der Waals surface area contributed by atoms with E-state index in [1.807, 2.05) is 24.3 Å². The van der Waals surface area contributed by atoms with Crippen LogP contribution in [0.15, 0.2) is 46.7 Å². The van der Waals surface area contributed by atoms with E-state index in [4.69, 9.17) is 11.6 Å². The second-order valence-electron chi connectivity index (χ2n) is 4.49. The summed E-state index contributed by atoms with van der Waals surface area (Å²) in [6.07, 6.45) is 3.37. The predicted octanol–water partition coefficient (Wildman–Crippen LogP) is 4.18. The SMILES string of the molecule is CCCc1nc(Cl)cc(Sc2ncnc3ccccc23)n1. The van der Waals surface area contributed by atoms with Crippen LogP contribution in [0.2, 0.25) is 5.15 Å². The van der Waals surface area contributed by atoms with Crippen LogP contribution in [-0.4, -0.2) is 19.9 Å². The number of benzene rings is 1. The average Bonchev–Trinajstić information content (AvgIpc) is 2.47.